The van der Waals surface area contributed by atoms with Gasteiger partial charge < -0.3 is 11.1 Å². The Kier molecular flexibility index (Phi) is 2.78. The Morgan fingerprint density at radius 2 is 2.26 bits per heavy atom. The molecule has 0 spiro atoms. The SMILES string of the molecule is C[C@@H]1C[C@H]1C(=O)Nc1cc2cc(Cl)nc(N)c2cn1. The highest BCUT2D eigenvalue weighted by Gasteiger charge is 2.39. The monoisotopic (exact) mass is 276 g/mol. The summed E-state index contributed by atoms with van der Waals surface area (Å²) < 4.78 is 0. The van der Waals surface area contributed by atoms with Gasteiger partial charge in [-0.1, -0.05) is 18.5 Å². The molecule has 0 aliphatic heterocycles. The van der Waals surface area contributed by atoms with Gasteiger partial charge in [0, 0.05) is 17.5 Å². The van der Waals surface area contributed by atoms with Gasteiger partial charge in [0.2, 0.25) is 5.91 Å². The molecule has 2 atom stereocenters. The third kappa shape index (κ3) is 2.33. The molecule has 1 aliphatic carbocycles. The van der Waals surface area contributed by atoms with Crippen LogP contribution in [0, 0.1) is 11.8 Å². The molecule has 1 fully saturated rings. The number of nitrogens with one attached hydrogen (secondary N) is 1. The number of halogens is 1. The molecule has 98 valence electrons. The number of rotatable bonds is 2. The fourth-order valence-electron chi connectivity index (χ4n) is 2.11. The molecule has 1 amide bonds. The first-order chi connectivity index (χ1) is 9.04. The highest BCUT2D eigenvalue weighted by molar-refractivity contribution is 6.30. The van der Waals surface area contributed by atoms with E-state index in [0.29, 0.717) is 22.7 Å². The van der Waals surface area contributed by atoms with Gasteiger partial charge in [-0.15, -0.1) is 0 Å². The molecule has 6 heteroatoms. The van der Waals surface area contributed by atoms with Crippen molar-refractivity contribution in [3.05, 3.63) is 23.5 Å². The first-order valence-electron chi connectivity index (χ1n) is 6.07. The summed E-state index contributed by atoms with van der Waals surface area (Å²) >= 11 is 5.86. The van der Waals surface area contributed by atoms with Gasteiger partial charge in [0.25, 0.3) is 0 Å². The zero-order valence-corrected chi connectivity index (χ0v) is 11.1. The quantitative estimate of drug-likeness (QED) is 0.826. The van der Waals surface area contributed by atoms with Gasteiger partial charge in [-0.25, -0.2) is 9.97 Å². The number of nitrogen functional groups attached to an aromatic ring is 1. The molecule has 3 rings (SSSR count). The minimum Gasteiger partial charge on any atom is -0.383 e. The van der Waals surface area contributed by atoms with Crippen LogP contribution < -0.4 is 11.1 Å². The number of carbonyl (C=O) groups excluding carboxylic acids is 1. The Bertz CT molecular complexity index is 673. The van der Waals surface area contributed by atoms with Gasteiger partial charge in [-0.05, 0) is 29.9 Å². The lowest BCUT2D eigenvalue weighted by Crippen LogP contribution is -2.15. The molecule has 1 saturated carbocycles. The molecule has 3 N–H and O–H groups in total. The van der Waals surface area contributed by atoms with E-state index >= 15 is 0 Å². The van der Waals surface area contributed by atoms with Gasteiger partial charge in [0.15, 0.2) is 0 Å². The molecular weight excluding hydrogens is 264 g/mol. The van der Waals surface area contributed by atoms with Crippen LogP contribution in [0.4, 0.5) is 11.6 Å². The van der Waals surface area contributed by atoms with Gasteiger partial charge >= 0.3 is 0 Å². The molecule has 2 heterocycles. The van der Waals surface area contributed by atoms with Crippen molar-refractivity contribution in [1.29, 1.82) is 0 Å². The summed E-state index contributed by atoms with van der Waals surface area (Å²) in [5.41, 5.74) is 5.76. The number of aromatic nitrogens is 2. The van der Waals surface area contributed by atoms with Crippen LogP contribution >= 0.6 is 11.6 Å². The Morgan fingerprint density at radius 1 is 1.53 bits per heavy atom. The summed E-state index contributed by atoms with van der Waals surface area (Å²) in [6.07, 6.45) is 2.54. The van der Waals surface area contributed by atoms with Gasteiger partial charge in [-0.2, -0.15) is 0 Å². The minimum atomic E-state index is 0.0208. The predicted octanol–water partition coefficient (Wildman–Crippen LogP) is 2.46. The van der Waals surface area contributed by atoms with Crippen LogP contribution in [0.3, 0.4) is 0 Å². The summed E-state index contributed by atoms with van der Waals surface area (Å²) in [6.45, 7) is 2.06. The van der Waals surface area contributed by atoms with Crippen LogP contribution in [0.25, 0.3) is 10.8 Å². The van der Waals surface area contributed by atoms with E-state index in [2.05, 4.69) is 22.2 Å². The Morgan fingerprint density at radius 3 is 2.95 bits per heavy atom. The van der Waals surface area contributed by atoms with Crippen LogP contribution in [0.15, 0.2) is 18.3 Å². The topological polar surface area (TPSA) is 80.9 Å². The first-order valence-corrected chi connectivity index (χ1v) is 6.45. The second-order valence-corrected chi connectivity index (χ2v) is 5.32. The second-order valence-electron chi connectivity index (χ2n) is 4.93. The molecule has 5 nitrogen and oxygen atoms in total. The van der Waals surface area contributed by atoms with E-state index in [1.807, 2.05) is 0 Å². The molecule has 0 saturated heterocycles. The number of anilines is 2. The zero-order chi connectivity index (χ0) is 13.6. The lowest BCUT2D eigenvalue weighted by molar-refractivity contribution is -0.117. The Labute approximate surface area is 115 Å². The number of nitrogens with two attached hydrogens (primary N) is 1. The molecule has 0 radical (unpaired) electrons. The fourth-order valence-corrected chi connectivity index (χ4v) is 2.32. The molecular formula is C13H13ClN4O. The van der Waals surface area contributed by atoms with Crippen molar-refractivity contribution in [3.8, 4) is 0 Å². The largest absolute Gasteiger partial charge is 0.383 e. The number of nitrogens with zero attached hydrogens (tertiary/aromatic N) is 2. The maximum Gasteiger partial charge on any atom is 0.228 e. The summed E-state index contributed by atoms with van der Waals surface area (Å²) in [5, 5.41) is 4.67. The van der Waals surface area contributed by atoms with Crippen molar-refractivity contribution in [2.45, 2.75) is 13.3 Å². The number of fused-ring (bicyclic) bond motifs is 1. The standard InChI is InChI=1S/C13H13ClN4O/c1-6-2-8(6)13(19)18-11-4-7-3-10(14)17-12(15)9(7)5-16-11/h3-6,8H,2H2,1H3,(H2,15,17)(H,16,18,19)/t6-,8-/m1/s1. The summed E-state index contributed by atoms with van der Waals surface area (Å²) in [7, 11) is 0. The average Bonchev–Trinajstić information content (AvgIpc) is 3.05. The molecule has 0 aromatic carbocycles. The lowest BCUT2D eigenvalue weighted by atomic mass is 10.2. The highest BCUT2D eigenvalue weighted by atomic mass is 35.5. The normalized spacial score (nSPS) is 21.4. The van der Waals surface area contributed by atoms with Crippen molar-refractivity contribution in [3.63, 3.8) is 0 Å². The van der Waals surface area contributed by atoms with E-state index in [4.69, 9.17) is 17.3 Å². The Hall–Kier alpha value is -1.88. The molecule has 19 heavy (non-hydrogen) atoms. The van der Waals surface area contributed by atoms with Gasteiger partial charge in [0.1, 0.15) is 16.8 Å². The maximum atomic E-state index is 11.8. The van der Waals surface area contributed by atoms with E-state index in [9.17, 15) is 4.79 Å². The molecule has 0 unspecified atom stereocenters. The molecule has 1 aliphatic rings. The van der Waals surface area contributed by atoms with Gasteiger partial charge in [0.05, 0.1) is 0 Å². The summed E-state index contributed by atoms with van der Waals surface area (Å²) in [6, 6.07) is 3.45. The zero-order valence-electron chi connectivity index (χ0n) is 10.4. The van der Waals surface area contributed by atoms with Gasteiger partial charge in [-0.3, -0.25) is 4.79 Å². The average molecular weight is 277 g/mol. The van der Waals surface area contributed by atoms with Crippen LogP contribution in [-0.2, 0) is 4.79 Å². The minimum absolute atomic E-state index is 0.0208. The van der Waals surface area contributed by atoms with E-state index < -0.39 is 0 Å². The number of hydrogen-bond acceptors (Lipinski definition) is 4. The van der Waals surface area contributed by atoms with E-state index in [1.165, 1.54) is 0 Å². The van der Waals surface area contributed by atoms with Crippen LogP contribution in [0.1, 0.15) is 13.3 Å². The van der Waals surface area contributed by atoms with Crippen molar-refractivity contribution in [1.82, 2.24) is 9.97 Å². The molecule has 2 aromatic rings. The van der Waals surface area contributed by atoms with Crippen LogP contribution in [0.5, 0.6) is 0 Å². The third-order valence-electron chi connectivity index (χ3n) is 3.41. The number of hydrogen-bond donors (Lipinski definition) is 2. The number of pyridine rings is 2. The van der Waals surface area contributed by atoms with E-state index in [1.54, 1.807) is 18.3 Å². The lowest BCUT2D eigenvalue weighted by Gasteiger charge is -2.06. The number of carbonyl (C=O) groups is 1. The maximum absolute atomic E-state index is 11.8. The smallest absolute Gasteiger partial charge is 0.228 e. The third-order valence-corrected chi connectivity index (χ3v) is 3.60. The van der Waals surface area contributed by atoms with Crippen molar-refractivity contribution in [2.24, 2.45) is 11.8 Å². The second kappa shape index (κ2) is 4.35. The van der Waals surface area contributed by atoms with Crippen molar-refractivity contribution in [2.75, 3.05) is 11.1 Å². The van der Waals surface area contributed by atoms with Crippen molar-refractivity contribution < 1.29 is 4.79 Å². The fraction of sp³-hybridized carbons (Fsp3) is 0.308. The molecule has 0 bridgehead atoms. The van der Waals surface area contributed by atoms with Crippen LogP contribution in [-0.4, -0.2) is 15.9 Å². The summed E-state index contributed by atoms with van der Waals surface area (Å²) in [4.78, 5) is 20.0. The number of amides is 1. The van der Waals surface area contributed by atoms with E-state index in [0.717, 1.165) is 17.2 Å². The first kappa shape index (κ1) is 12.2. The molecule has 2 aromatic heterocycles. The Balaban J connectivity index is 1.91. The predicted molar refractivity (Wildman–Crippen MR) is 74.9 cm³/mol. The summed E-state index contributed by atoms with van der Waals surface area (Å²) in [5.74, 6) is 1.45. The highest BCUT2D eigenvalue weighted by Crippen LogP contribution is 2.38. The van der Waals surface area contributed by atoms with Crippen molar-refractivity contribution >= 4 is 39.9 Å². The van der Waals surface area contributed by atoms with Crippen LogP contribution in [0.2, 0.25) is 5.15 Å². The van der Waals surface area contributed by atoms with E-state index in [-0.39, 0.29) is 11.8 Å².